The Morgan fingerprint density at radius 2 is 1.67 bits per heavy atom. The predicted molar refractivity (Wildman–Crippen MR) is 101 cm³/mol. The Morgan fingerprint density at radius 3 is 2.19 bits per heavy atom. The van der Waals surface area contributed by atoms with Gasteiger partial charge in [-0.25, -0.2) is 11.4 Å². The van der Waals surface area contributed by atoms with E-state index in [0.29, 0.717) is 19.8 Å². The molecule has 0 saturated heterocycles. The van der Waals surface area contributed by atoms with Crippen molar-refractivity contribution in [2.24, 2.45) is 5.73 Å². The first kappa shape index (κ1) is 21.6. The summed E-state index contributed by atoms with van der Waals surface area (Å²) in [5.74, 6) is 3.48. The third-order valence-electron chi connectivity index (χ3n) is 2.65. The van der Waals surface area contributed by atoms with Gasteiger partial charge >= 0.3 is 8.80 Å². The van der Waals surface area contributed by atoms with Gasteiger partial charge in [-0.2, -0.15) is 11.8 Å². The van der Waals surface area contributed by atoms with Gasteiger partial charge in [-0.15, -0.1) is 0 Å². The Hall–Kier alpha value is 0.627. The van der Waals surface area contributed by atoms with Gasteiger partial charge < -0.3 is 19.0 Å². The second-order valence-corrected chi connectivity index (χ2v) is 9.50. The molecule has 0 atom stereocenters. The van der Waals surface area contributed by atoms with Crippen LogP contribution in [0.4, 0.5) is 0 Å². The summed E-state index contributed by atoms with van der Waals surface area (Å²) in [7, 11) is -2.42. The number of thioether (sulfide) groups is 1. The normalized spacial score (nSPS) is 12.8. The largest absolute Gasteiger partial charge is 0.501 e. The number of hydrogen-bond acceptors (Lipinski definition) is 5. The summed E-state index contributed by atoms with van der Waals surface area (Å²) in [5.41, 5.74) is 5.45. The van der Waals surface area contributed by atoms with Gasteiger partial charge in [-0.05, 0) is 57.4 Å². The molecule has 2 N–H and O–H groups in total. The molecule has 0 radical (unpaired) electrons. The van der Waals surface area contributed by atoms with Crippen molar-refractivity contribution < 1.29 is 13.3 Å². The minimum atomic E-state index is -2.42. The molecule has 0 amide bonds. The minimum Gasteiger partial charge on any atom is -0.374 e. The van der Waals surface area contributed by atoms with Crippen LogP contribution in [0, 0.1) is 0 Å². The highest BCUT2D eigenvalue weighted by Crippen LogP contribution is 2.19. The van der Waals surface area contributed by atoms with Gasteiger partial charge in [0.2, 0.25) is 0 Å². The fraction of sp³-hybridized carbons (Fsp3) is 0.929. The molecule has 4 nitrogen and oxygen atoms in total. The molecular formula is C14H33NO3S2Si. The smallest absolute Gasteiger partial charge is 0.374 e. The fourth-order valence-electron chi connectivity index (χ4n) is 1.82. The molecule has 0 aliphatic heterocycles. The van der Waals surface area contributed by atoms with Crippen LogP contribution in [0.5, 0.6) is 0 Å². The van der Waals surface area contributed by atoms with Crippen molar-refractivity contribution in [3.63, 3.8) is 0 Å². The maximum absolute atomic E-state index is 5.85. The Kier molecular flexibility index (Phi) is 16.0. The van der Waals surface area contributed by atoms with Gasteiger partial charge in [0, 0.05) is 25.9 Å². The molecule has 0 spiro atoms. The maximum atomic E-state index is 5.85. The zero-order valence-corrected chi connectivity index (χ0v) is 16.5. The lowest BCUT2D eigenvalue weighted by molar-refractivity contribution is 0.0728. The van der Waals surface area contributed by atoms with Crippen LogP contribution in [0.25, 0.3) is 0 Å². The zero-order chi connectivity index (χ0) is 15.8. The van der Waals surface area contributed by atoms with Crippen LogP contribution in [-0.2, 0) is 13.3 Å². The molecule has 0 heterocycles. The van der Waals surface area contributed by atoms with E-state index >= 15 is 0 Å². The quantitative estimate of drug-likeness (QED) is 0.205. The van der Waals surface area contributed by atoms with Crippen molar-refractivity contribution in [3.8, 4) is 0 Å². The average molecular weight is 356 g/mol. The highest BCUT2D eigenvalue weighted by atomic mass is 32.2. The van der Waals surface area contributed by atoms with Crippen LogP contribution in [0.15, 0.2) is 0 Å². The van der Waals surface area contributed by atoms with Crippen LogP contribution >= 0.6 is 23.1 Å². The van der Waals surface area contributed by atoms with Crippen molar-refractivity contribution in [1.29, 1.82) is 0 Å². The first-order valence-corrected chi connectivity index (χ1v) is 12.2. The number of nitrogens with two attached hydrogens (primary N) is 1. The van der Waals surface area contributed by atoms with E-state index in [-0.39, 0.29) is 0 Å². The van der Waals surface area contributed by atoms with Crippen molar-refractivity contribution >= 4 is 37.3 Å². The van der Waals surface area contributed by atoms with Crippen molar-refractivity contribution in [2.45, 2.75) is 39.7 Å². The Morgan fingerprint density at radius 1 is 1.05 bits per heavy atom. The molecule has 0 bridgehead atoms. The molecule has 0 saturated carbocycles. The second-order valence-electron chi connectivity index (χ2n) is 4.36. The summed E-state index contributed by atoms with van der Waals surface area (Å²) >= 11 is 3.39. The van der Waals surface area contributed by atoms with Gasteiger partial charge in [0.1, 0.15) is 0 Å². The average Bonchev–Trinajstić information content (AvgIpc) is 2.46. The molecule has 21 heavy (non-hydrogen) atoms. The topological polar surface area (TPSA) is 53.7 Å². The minimum absolute atomic E-state index is 0.659. The molecule has 0 aromatic carbocycles. The summed E-state index contributed by atoms with van der Waals surface area (Å²) in [5, 5.41) is 2.27. The lowest BCUT2D eigenvalue weighted by Gasteiger charge is -2.28. The SMILES string of the molecule is CCO[Si](CCSCCC[SH]=CCCN)(OCC)OCC. The first-order valence-electron chi connectivity index (χ1n) is 7.92. The van der Waals surface area contributed by atoms with Crippen molar-refractivity contribution in [3.05, 3.63) is 0 Å². The highest BCUT2D eigenvalue weighted by molar-refractivity contribution is 7.99. The van der Waals surface area contributed by atoms with E-state index in [1.165, 1.54) is 29.3 Å². The first-order chi connectivity index (χ1) is 10.2. The van der Waals surface area contributed by atoms with Gasteiger partial charge in [-0.1, -0.05) is 5.37 Å². The molecule has 0 aromatic rings. The van der Waals surface area contributed by atoms with E-state index in [0.717, 1.165) is 24.8 Å². The lowest BCUT2D eigenvalue weighted by Crippen LogP contribution is -2.46. The van der Waals surface area contributed by atoms with E-state index in [4.69, 9.17) is 19.0 Å². The third-order valence-corrected chi connectivity index (χ3v) is 8.22. The Bertz CT molecular complexity index is 241. The number of thiol groups is 1. The van der Waals surface area contributed by atoms with Crippen LogP contribution in [0.2, 0.25) is 6.04 Å². The molecule has 128 valence electrons. The van der Waals surface area contributed by atoms with Crippen LogP contribution < -0.4 is 5.73 Å². The lowest BCUT2D eigenvalue weighted by atomic mass is 10.5. The van der Waals surface area contributed by atoms with E-state index in [1.54, 1.807) is 0 Å². The van der Waals surface area contributed by atoms with Crippen molar-refractivity contribution in [1.82, 2.24) is 0 Å². The van der Waals surface area contributed by atoms with E-state index in [2.05, 4.69) is 5.37 Å². The van der Waals surface area contributed by atoms with Gasteiger partial charge in [0.15, 0.2) is 0 Å². The standard InChI is InChI=1S/C14H33NO3S2Si/c1-4-16-21(17-5-2,18-6-3)14-13-20-12-8-11-19-10-7-9-15/h10,19H,4-9,11-15H2,1-3H3. The summed E-state index contributed by atoms with van der Waals surface area (Å²) in [6.07, 6.45) is 2.28. The predicted octanol–water partition coefficient (Wildman–Crippen LogP) is 2.77. The van der Waals surface area contributed by atoms with Gasteiger partial charge in [0.25, 0.3) is 0 Å². The van der Waals surface area contributed by atoms with Crippen LogP contribution in [0.1, 0.15) is 33.6 Å². The molecule has 0 rings (SSSR count). The zero-order valence-electron chi connectivity index (χ0n) is 13.8. The van der Waals surface area contributed by atoms with Crippen LogP contribution in [0.3, 0.4) is 0 Å². The molecule has 7 heteroatoms. The number of rotatable bonds is 15. The van der Waals surface area contributed by atoms with E-state index in [9.17, 15) is 0 Å². The van der Waals surface area contributed by atoms with E-state index < -0.39 is 8.80 Å². The fourth-order valence-corrected chi connectivity index (χ4v) is 7.02. The Balaban J connectivity index is 3.86. The van der Waals surface area contributed by atoms with Gasteiger partial charge in [0.05, 0.1) is 0 Å². The van der Waals surface area contributed by atoms with Gasteiger partial charge in [-0.3, -0.25) is 0 Å². The summed E-state index contributed by atoms with van der Waals surface area (Å²) in [6, 6.07) is 0.907. The maximum Gasteiger partial charge on any atom is 0.501 e. The summed E-state index contributed by atoms with van der Waals surface area (Å²) in [4.78, 5) is 0. The summed E-state index contributed by atoms with van der Waals surface area (Å²) in [6.45, 7) is 8.75. The molecule has 0 aromatic heterocycles. The third kappa shape index (κ3) is 11.8. The summed E-state index contributed by atoms with van der Waals surface area (Å²) < 4.78 is 17.5. The van der Waals surface area contributed by atoms with Crippen LogP contribution in [-0.4, -0.2) is 57.8 Å². The number of hydrogen-bond donors (Lipinski definition) is 2. The second kappa shape index (κ2) is 15.5. The van der Waals surface area contributed by atoms with Crippen molar-refractivity contribution in [2.75, 3.05) is 43.6 Å². The Labute approximate surface area is 139 Å². The molecular weight excluding hydrogens is 322 g/mol. The highest BCUT2D eigenvalue weighted by Gasteiger charge is 2.39. The molecule has 0 aliphatic carbocycles. The van der Waals surface area contributed by atoms with E-state index in [1.807, 2.05) is 32.5 Å². The molecule has 0 unspecified atom stereocenters. The monoisotopic (exact) mass is 355 g/mol. The molecule has 0 fully saturated rings. The molecule has 0 aliphatic rings.